The first-order chi connectivity index (χ1) is 11.0. The van der Waals surface area contributed by atoms with Gasteiger partial charge < -0.3 is 9.31 Å². The Balaban J connectivity index is 1.73. The van der Waals surface area contributed by atoms with E-state index in [0.717, 1.165) is 25.7 Å². The lowest BCUT2D eigenvalue weighted by Gasteiger charge is -2.32. The summed E-state index contributed by atoms with van der Waals surface area (Å²) in [5.74, 6) is 0.270. The molecule has 3 rings (SSSR count). The third kappa shape index (κ3) is 3.27. The fraction of sp³-hybridized carbons (Fsp3) is 0.800. The molecule has 2 unspecified atom stereocenters. The molecule has 1 aromatic heterocycles. The van der Waals surface area contributed by atoms with Crippen molar-refractivity contribution in [1.29, 1.82) is 0 Å². The normalized spacial score (nSPS) is 29.8. The van der Waals surface area contributed by atoms with Gasteiger partial charge >= 0.3 is 7.12 Å². The lowest BCUT2D eigenvalue weighted by atomic mass is 9.63. The van der Waals surface area contributed by atoms with Crippen LogP contribution in [0.4, 0.5) is 0 Å². The van der Waals surface area contributed by atoms with Crippen LogP contribution in [-0.2, 0) is 19.3 Å². The number of hydrogen-bond acceptors (Lipinski definition) is 5. The molecule has 2 N–H and O–H groups in total. The summed E-state index contributed by atoms with van der Waals surface area (Å²) in [4.78, 5) is 0. The van der Waals surface area contributed by atoms with E-state index in [9.17, 15) is 8.42 Å². The van der Waals surface area contributed by atoms with Gasteiger partial charge in [-0.2, -0.15) is 5.10 Å². The van der Waals surface area contributed by atoms with Crippen LogP contribution in [0.5, 0.6) is 0 Å². The number of nitrogens with zero attached hydrogens (tertiary/aromatic N) is 2. The molecule has 134 valence electrons. The molecule has 1 saturated carbocycles. The number of primary sulfonamides is 1. The smallest absolute Gasteiger partial charge is 0.403 e. The van der Waals surface area contributed by atoms with E-state index in [-0.39, 0.29) is 35.2 Å². The summed E-state index contributed by atoms with van der Waals surface area (Å²) in [6.45, 7) is 8.22. The molecule has 0 spiro atoms. The Morgan fingerprint density at radius 3 is 2.42 bits per heavy atom. The van der Waals surface area contributed by atoms with E-state index in [1.807, 2.05) is 0 Å². The Hall–Kier alpha value is -0.895. The number of nitrogens with two attached hydrogens (primary N) is 1. The Bertz CT molecular complexity index is 700. The zero-order valence-corrected chi connectivity index (χ0v) is 15.5. The van der Waals surface area contributed by atoms with Gasteiger partial charge in [-0.05, 0) is 52.4 Å². The molecule has 0 radical (unpaired) electrons. The van der Waals surface area contributed by atoms with E-state index in [4.69, 9.17) is 14.4 Å². The summed E-state index contributed by atoms with van der Waals surface area (Å²) in [5, 5.41) is 9.20. The van der Waals surface area contributed by atoms with Crippen LogP contribution < -0.4 is 5.14 Å². The second-order valence-corrected chi connectivity index (χ2v) is 9.39. The average Bonchev–Trinajstić information content (AvgIpc) is 3.02. The highest BCUT2D eigenvalue weighted by Gasteiger charge is 2.54. The Kier molecular flexibility index (Phi) is 4.35. The molecule has 1 aromatic rings. The fourth-order valence-corrected chi connectivity index (χ4v) is 3.90. The minimum atomic E-state index is -3.76. The van der Waals surface area contributed by atoms with Gasteiger partial charge in [-0.25, -0.2) is 13.6 Å². The molecular formula is C15H26BN3O4S. The molecule has 0 bridgehead atoms. The second kappa shape index (κ2) is 5.83. The summed E-state index contributed by atoms with van der Waals surface area (Å²) in [5.41, 5.74) is -0.672. The Morgan fingerprint density at radius 1 is 1.25 bits per heavy atom. The summed E-state index contributed by atoms with van der Waals surface area (Å²) in [6, 6.07) is 1.59. The number of sulfonamides is 1. The van der Waals surface area contributed by atoms with E-state index in [1.165, 1.54) is 6.07 Å². The van der Waals surface area contributed by atoms with Gasteiger partial charge in [0.1, 0.15) is 0 Å². The van der Waals surface area contributed by atoms with Gasteiger partial charge in [0.15, 0.2) is 5.03 Å². The predicted octanol–water partition coefficient (Wildman–Crippen LogP) is 2.11. The van der Waals surface area contributed by atoms with Crippen LogP contribution in [-0.4, -0.2) is 36.5 Å². The zero-order chi connectivity index (χ0) is 17.8. The number of hydrogen-bond donors (Lipinski definition) is 1. The molecule has 2 atom stereocenters. The first-order valence-electron chi connectivity index (χ1n) is 8.43. The minimum absolute atomic E-state index is 0.0831. The highest BCUT2D eigenvalue weighted by molar-refractivity contribution is 7.89. The zero-order valence-electron chi connectivity index (χ0n) is 14.7. The van der Waals surface area contributed by atoms with Crippen LogP contribution in [0.2, 0.25) is 5.82 Å². The summed E-state index contributed by atoms with van der Waals surface area (Å²) < 4.78 is 36.9. The van der Waals surface area contributed by atoms with E-state index in [0.29, 0.717) is 0 Å². The van der Waals surface area contributed by atoms with Crippen LogP contribution in [0, 0.1) is 0 Å². The fourth-order valence-electron chi connectivity index (χ4n) is 3.45. The highest BCUT2D eigenvalue weighted by atomic mass is 32.2. The molecule has 0 amide bonds. The first kappa shape index (κ1) is 17.9. The molecular weight excluding hydrogens is 329 g/mol. The van der Waals surface area contributed by atoms with Crippen molar-refractivity contribution < 1.29 is 17.7 Å². The van der Waals surface area contributed by atoms with Crippen LogP contribution in [0.1, 0.15) is 59.4 Å². The standard InChI is InChI=1S/C15H26BN3O4S/c1-14(2)15(3,4)23-16(22-14)11-6-5-7-12(10-11)19-9-8-13(18-19)24(17,20)21/h8-9,11-12H,5-7,10H2,1-4H3,(H2,17,20,21). The van der Waals surface area contributed by atoms with Gasteiger partial charge in [0.2, 0.25) is 0 Å². The van der Waals surface area contributed by atoms with E-state index < -0.39 is 10.0 Å². The van der Waals surface area contributed by atoms with Crippen LogP contribution in [0.15, 0.2) is 17.3 Å². The summed E-state index contributed by atoms with van der Waals surface area (Å²) in [7, 11) is -3.99. The van der Waals surface area contributed by atoms with Crippen molar-refractivity contribution in [2.75, 3.05) is 0 Å². The number of rotatable bonds is 3. The number of aromatic nitrogens is 2. The summed E-state index contributed by atoms with van der Waals surface area (Å²) >= 11 is 0. The predicted molar refractivity (Wildman–Crippen MR) is 90.9 cm³/mol. The van der Waals surface area contributed by atoms with Gasteiger partial charge in [0.25, 0.3) is 10.0 Å². The third-order valence-corrected chi connectivity index (χ3v) is 6.39. The average molecular weight is 355 g/mol. The van der Waals surface area contributed by atoms with Crippen molar-refractivity contribution in [2.45, 2.75) is 81.5 Å². The monoisotopic (exact) mass is 355 g/mol. The highest BCUT2D eigenvalue weighted by Crippen LogP contribution is 2.46. The van der Waals surface area contributed by atoms with Crippen molar-refractivity contribution in [3.05, 3.63) is 12.3 Å². The van der Waals surface area contributed by atoms with E-state index >= 15 is 0 Å². The largest absolute Gasteiger partial charge is 0.461 e. The van der Waals surface area contributed by atoms with Crippen molar-refractivity contribution in [2.24, 2.45) is 5.14 Å². The van der Waals surface area contributed by atoms with Crippen molar-refractivity contribution in [3.63, 3.8) is 0 Å². The Labute approximate surface area is 144 Å². The quantitative estimate of drug-likeness (QED) is 0.838. The van der Waals surface area contributed by atoms with Gasteiger partial charge in [-0.3, -0.25) is 4.68 Å². The molecule has 0 aromatic carbocycles. The van der Waals surface area contributed by atoms with Crippen LogP contribution in [0.25, 0.3) is 0 Å². The summed E-state index contributed by atoms with van der Waals surface area (Å²) in [6.07, 6.45) is 5.57. The molecule has 9 heteroatoms. The van der Waals surface area contributed by atoms with Crippen molar-refractivity contribution in [3.8, 4) is 0 Å². The molecule has 2 aliphatic rings. The minimum Gasteiger partial charge on any atom is -0.403 e. The van der Waals surface area contributed by atoms with E-state index in [1.54, 1.807) is 10.9 Å². The van der Waals surface area contributed by atoms with Gasteiger partial charge in [0.05, 0.1) is 17.2 Å². The maximum atomic E-state index is 11.4. The second-order valence-electron chi connectivity index (χ2n) is 7.88. The Morgan fingerprint density at radius 2 is 1.88 bits per heavy atom. The van der Waals surface area contributed by atoms with Crippen molar-refractivity contribution >= 4 is 17.1 Å². The first-order valence-corrected chi connectivity index (χ1v) is 9.98. The maximum absolute atomic E-state index is 11.4. The van der Waals surface area contributed by atoms with Gasteiger partial charge in [-0.1, -0.05) is 12.8 Å². The van der Waals surface area contributed by atoms with Crippen molar-refractivity contribution in [1.82, 2.24) is 9.78 Å². The molecule has 1 aliphatic carbocycles. The van der Waals surface area contributed by atoms with E-state index in [2.05, 4.69) is 32.8 Å². The molecule has 2 fully saturated rings. The lowest BCUT2D eigenvalue weighted by molar-refractivity contribution is 0.00578. The van der Waals surface area contributed by atoms with Crippen LogP contribution >= 0.6 is 0 Å². The maximum Gasteiger partial charge on any atom is 0.461 e. The SMILES string of the molecule is CC1(C)OB(C2CCCC(n3ccc(S(N)(=O)=O)n3)C2)OC1(C)C. The third-order valence-electron chi connectivity index (χ3n) is 5.59. The van der Waals surface area contributed by atoms with Gasteiger partial charge in [0, 0.05) is 6.20 Å². The van der Waals surface area contributed by atoms with Crippen LogP contribution in [0.3, 0.4) is 0 Å². The molecule has 24 heavy (non-hydrogen) atoms. The lowest BCUT2D eigenvalue weighted by Crippen LogP contribution is -2.41. The topological polar surface area (TPSA) is 96.4 Å². The molecule has 1 saturated heterocycles. The molecule has 2 heterocycles. The van der Waals surface area contributed by atoms with Gasteiger partial charge in [-0.15, -0.1) is 0 Å². The molecule has 1 aliphatic heterocycles. The molecule has 7 nitrogen and oxygen atoms in total.